The molecule has 7 nitrogen and oxygen atoms in total. The van der Waals surface area contributed by atoms with E-state index in [1.165, 1.54) is 18.5 Å². The predicted octanol–water partition coefficient (Wildman–Crippen LogP) is 4.96. The molecule has 0 amide bonds. The lowest BCUT2D eigenvalue weighted by Gasteiger charge is -2.02. The van der Waals surface area contributed by atoms with Crippen molar-refractivity contribution in [3.05, 3.63) is 66.2 Å². The third-order valence-corrected chi connectivity index (χ3v) is 5.88. The van der Waals surface area contributed by atoms with E-state index in [2.05, 4.69) is 35.1 Å². The molecule has 0 aliphatic heterocycles. The van der Waals surface area contributed by atoms with Crippen molar-refractivity contribution in [2.75, 3.05) is 0 Å². The Bertz CT molecular complexity index is 1570. The molecule has 2 N–H and O–H groups in total. The van der Waals surface area contributed by atoms with Crippen molar-refractivity contribution in [1.29, 1.82) is 0 Å². The summed E-state index contributed by atoms with van der Waals surface area (Å²) in [5.74, 6) is -0.0156. The van der Waals surface area contributed by atoms with Gasteiger partial charge in [-0.05, 0) is 35.9 Å². The molecule has 0 atom stereocenters. The van der Waals surface area contributed by atoms with Crippen molar-refractivity contribution in [2.24, 2.45) is 0 Å². The molecule has 0 saturated heterocycles. The van der Waals surface area contributed by atoms with E-state index in [0.29, 0.717) is 39.2 Å². The third kappa shape index (κ3) is 2.88. The molecule has 0 spiro atoms. The second-order valence-electron chi connectivity index (χ2n) is 6.83. The first-order chi connectivity index (χ1) is 15.2. The van der Waals surface area contributed by atoms with Crippen LogP contribution in [0.15, 0.2) is 55.2 Å². The summed E-state index contributed by atoms with van der Waals surface area (Å²) in [6.45, 7) is 0. The molecule has 5 heterocycles. The maximum Gasteiger partial charge on any atom is 0.178 e. The van der Waals surface area contributed by atoms with Crippen LogP contribution in [-0.2, 0) is 0 Å². The van der Waals surface area contributed by atoms with Gasteiger partial charge in [0.1, 0.15) is 17.5 Å². The number of pyridine rings is 1. The minimum absolute atomic E-state index is 0.199. The Morgan fingerprint density at radius 2 is 1.84 bits per heavy atom. The van der Waals surface area contributed by atoms with Gasteiger partial charge in [0.2, 0.25) is 0 Å². The van der Waals surface area contributed by atoms with Crippen LogP contribution in [0.4, 0.5) is 8.78 Å². The molecule has 10 heteroatoms. The Morgan fingerprint density at radius 1 is 0.968 bits per heavy atom. The number of thiophene rings is 1. The number of hydrogen-bond acceptors (Lipinski definition) is 6. The van der Waals surface area contributed by atoms with Crippen LogP contribution in [0.5, 0.6) is 0 Å². The van der Waals surface area contributed by atoms with Crippen LogP contribution in [0.3, 0.4) is 0 Å². The van der Waals surface area contributed by atoms with Gasteiger partial charge in [-0.3, -0.25) is 5.10 Å². The van der Waals surface area contributed by atoms with Gasteiger partial charge in [0.05, 0.1) is 5.52 Å². The molecule has 6 aromatic rings. The van der Waals surface area contributed by atoms with Gasteiger partial charge < -0.3 is 4.98 Å². The Morgan fingerprint density at radius 3 is 2.65 bits per heavy atom. The zero-order chi connectivity index (χ0) is 20.9. The predicted molar refractivity (Wildman–Crippen MR) is 113 cm³/mol. The minimum atomic E-state index is -0.470. The highest BCUT2D eigenvalue weighted by Gasteiger charge is 2.18. The average molecular weight is 431 g/mol. The van der Waals surface area contributed by atoms with Crippen molar-refractivity contribution in [1.82, 2.24) is 35.1 Å². The minimum Gasteiger partial charge on any atom is -0.335 e. The van der Waals surface area contributed by atoms with E-state index in [1.54, 1.807) is 30.7 Å². The summed E-state index contributed by atoms with van der Waals surface area (Å²) in [5.41, 5.74) is 3.95. The zero-order valence-electron chi connectivity index (χ0n) is 15.6. The van der Waals surface area contributed by atoms with Crippen LogP contribution in [0.1, 0.15) is 0 Å². The molecule has 0 aliphatic rings. The summed E-state index contributed by atoms with van der Waals surface area (Å²) in [6, 6.07) is 8.14. The largest absolute Gasteiger partial charge is 0.335 e. The topological polar surface area (TPSA) is 96.0 Å². The molecule has 5 aromatic heterocycles. The standard InChI is InChI=1S/C21H11F2N7S/c22-14-6-10(11-7-24-9-25-8-11)5-13-17(14)29-30-19(13)21-27-18-12(3-4-26-20(18)28-21)15-1-2-16(23)31-15/h1-9H,(H,29,30)(H,26,27,28). The summed E-state index contributed by atoms with van der Waals surface area (Å²) in [6.07, 6.45) is 6.27. The van der Waals surface area contributed by atoms with Gasteiger partial charge in [-0.15, -0.1) is 11.3 Å². The number of aromatic nitrogens is 7. The lowest BCUT2D eigenvalue weighted by atomic mass is 10.1. The fourth-order valence-electron chi connectivity index (χ4n) is 3.56. The Balaban J connectivity index is 1.55. The highest BCUT2D eigenvalue weighted by atomic mass is 32.1. The summed E-state index contributed by atoms with van der Waals surface area (Å²) in [4.78, 5) is 20.9. The number of aromatic amines is 2. The first kappa shape index (κ1) is 17.8. The van der Waals surface area contributed by atoms with Crippen molar-refractivity contribution < 1.29 is 8.78 Å². The molecule has 0 bridgehead atoms. The molecule has 1 aromatic carbocycles. The highest BCUT2D eigenvalue weighted by Crippen LogP contribution is 2.35. The van der Waals surface area contributed by atoms with Gasteiger partial charge in [-0.25, -0.2) is 24.3 Å². The number of benzene rings is 1. The second kappa shape index (κ2) is 6.74. The van der Waals surface area contributed by atoms with Gasteiger partial charge in [0, 0.05) is 40.0 Å². The Kier molecular flexibility index (Phi) is 3.87. The van der Waals surface area contributed by atoms with Crippen molar-refractivity contribution in [3.8, 4) is 33.1 Å². The smallest absolute Gasteiger partial charge is 0.178 e. The van der Waals surface area contributed by atoms with Crippen LogP contribution < -0.4 is 0 Å². The molecule has 0 fully saturated rings. The fourth-order valence-corrected chi connectivity index (χ4v) is 4.33. The number of fused-ring (bicyclic) bond motifs is 2. The van der Waals surface area contributed by atoms with Gasteiger partial charge in [0.25, 0.3) is 0 Å². The lowest BCUT2D eigenvalue weighted by Crippen LogP contribution is -1.86. The monoisotopic (exact) mass is 431 g/mol. The SMILES string of the molecule is Fc1ccc(-c2ccnc3nc(-c4[nH]nc5c(F)cc(-c6cncnc6)cc45)[nH]c23)s1. The van der Waals surface area contributed by atoms with Crippen LogP contribution in [0.2, 0.25) is 0 Å². The van der Waals surface area contributed by atoms with E-state index >= 15 is 0 Å². The van der Waals surface area contributed by atoms with Crippen LogP contribution >= 0.6 is 11.3 Å². The number of hydrogen-bond donors (Lipinski definition) is 2. The molecular weight excluding hydrogens is 420 g/mol. The lowest BCUT2D eigenvalue weighted by molar-refractivity contribution is 0.636. The van der Waals surface area contributed by atoms with E-state index < -0.39 is 5.82 Å². The zero-order valence-corrected chi connectivity index (χ0v) is 16.4. The van der Waals surface area contributed by atoms with E-state index in [4.69, 9.17) is 0 Å². The number of rotatable bonds is 3. The molecular formula is C21H11F2N7S. The quantitative estimate of drug-likeness (QED) is 0.413. The normalized spacial score (nSPS) is 11.5. The van der Waals surface area contributed by atoms with Gasteiger partial charge in [0.15, 0.2) is 22.4 Å². The Hall–Kier alpha value is -4.05. The van der Waals surface area contributed by atoms with Crippen molar-refractivity contribution in [2.45, 2.75) is 0 Å². The van der Waals surface area contributed by atoms with E-state index in [-0.39, 0.29) is 10.6 Å². The molecule has 0 aliphatic carbocycles. The van der Waals surface area contributed by atoms with E-state index in [9.17, 15) is 8.78 Å². The molecule has 0 unspecified atom stereocenters. The van der Waals surface area contributed by atoms with Gasteiger partial charge >= 0.3 is 0 Å². The molecule has 6 rings (SSSR count). The number of nitrogens with one attached hydrogen (secondary N) is 2. The summed E-state index contributed by atoms with van der Waals surface area (Å²) < 4.78 is 28.3. The average Bonchev–Trinajstić information content (AvgIpc) is 3.51. The van der Waals surface area contributed by atoms with Crippen LogP contribution in [0.25, 0.3) is 55.2 Å². The van der Waals surface area contributed by atoms with Crippen molar-refractivity contribution in [3.63, 3.8) is 0 Å². The first-order valence-corrected chi connectivity index (χ1v) is 10.0. The summed E-state index contributed by atoms with van der Waals surface area (Å²) >= 11 is 1.04. The van der Waals surface area contributed by atoms with E-state index in [1.807, 2.05) is 6.07 Å². The number of nitrogens with zero attached hydrogens (tertiary/aromatic N) is 5. The van der Waals surface area contributed by atoms with E-state index in [0.717, 1.165) is 21.8 Å². The second-order valence-corrected chi connectivity index (χ2v) is 7.86. The highest BCUT2D eigenvalue weighted by molar-refractivity contribution is 7.14. The number of halogens is 2. The van der Waals surface area contributed by atoms with Crippen LogP contribution in [-0.4, -0.2) is 35.1 Å². The molecule has 0 saturated carbocycles. The van der Waals surface area contributed by atoms with Crippen LogP contribution in [0, 0.1) is 10.9 Å². The molecule has 0 radical (unpaired) electrons. The maximum absolute atomic E-state index is 14.8. The molecule has 150 valence electrons. The van der Waals surface area contributed by atoms with Gasteiger partial charge in [-0.1, -0.05) is 0 Å². The van der Waals surface area contributed by atoms with Gasteiger partial charge in [-0.2, -0.15) is 9.49 Å². The first-order valence-electron chi connectivity index (χ1n) is 9.21. The summed E-state index contributed by atoms with van der Waals surface area (Å²) in [7, 11) is 0. The number of H-pyrrole nitrogens is 2. The third-order valence-electron chi connectivity index (χ3n) is 4.97. The fraction of sp³-hybridized carbons (Fsp3) is 0. The Labute approximate surface area is 176 Å². The number of imidazole rings is 1. The molecule has 31 heavy (non-hydrogen) atoms. The van der Waals surface area contributed by atoms with Crippen molar-refractivity contribution >= 4 is 33.4 Å². The summed E-state index contributed by atoms with van der Waals surface area (Å²) in [5, 5.41) is 7.28. The maximum atomic E-state index is 14.8.